The molecular weight excluding hydrogens is 523 g/mol. The lowest BCUT2D eigenvalue weighted by molar-refractivity contribution is -0.137. The van der Waals surface area contributed by atoms with Crippen molar-refractivity contribution >= 4 is 5.91 Å². The summed E-state index contributed by atoms with van der Waals surface area (Å²) in [5, 5.41) is 2.46. The molecule has 6 nitrogen and oxygen atoms in total. The molecule has 1 fully saturated rings. The van der Waals surface area contributed by atoms with Crippen LogP contribution in [-0.2, 0) is 28.9 Å². The minimum absolute atomic E-state index is 0.00867. The number of halogens is 7. The molecule has 202 valence electrons. The molecule has 38 heavy (non-hydrogen) atoms. The summed E-state index contributed by atoms with van der Waals surface area (Å²) in [6.07, 6.45) is -4.73. The maximum Gasteiger partial charge on any atom is 0.417 e. The van der Waals surface area contributed by atoms with Gasteiger partial charge in [0.05, 0.1) is 29.5 Å². The summed E-state index contributed by atoms with van der Waals surface area (Å²) < 4.78 is 101. The second-order valence-electron chi connectivity index (χ2n) is 8.84. The highest BCUT2D eigenvalue weighted by molar-refractivity contribution is 5.79. The van der Waals surface area contributed by atoms with Crippen molar-refractivity contribution in [2.24, 2.45) is 5.92 Å². The predicted octanol–water partition coefficient (Wildman–Crippen LogP) is 4.93. The number of H-pyrrole nitrogens is 1. The third kappa shape index (κ3) is 5.72. The van der Waals surface area contributed by atoms with E-state index in [1.165, 1.54) is 6.07 Å². The van der Waals surface area contributed by atoms with Crippen LogP contribution in [0.25, 0.3) is 11.4 Å². The quantitative estimate of drug-likeness (QED) is 0.414. The summed E-state index contributed by atoms with van der Waals surface area (Å²) in [5.74, 6) is -6.46. The second-order valence-corrected chi connectivity index (χ2v) is 8.84. The Hall–Kier alpha value is -3.74. The number of aromatic amines is 1. The summed E-state index contributed by atoms with van der Waals surface area (Å²) in [4.78, 5) is 29.6. The molecule has 0 unspecified atom stereocenters. The van der Waals surface area contributed by atoms with Crippen molar-refractivity contribution in [3.8, 4) is 11.4 Å². The molecule has 0 saturated heterocycles. The molecule has 4 rings (SSSR count). The molecule has 1 aliphatic rings. The van der Waals surface area contributed by atoms with Gasteiger partial charge in [-0.2, -0.15) is 17.6 Å². The van der Waals surface area contributed by atoms with E-state index in [9.17, 15) is 35.9 Å². The van der Waals surface area contributed by atoms with Crippen LogP contribution in [0.5, 0.6) is 0 Å². The van der Waals surface area contributed by atoms with Crippen molar-refractivity contribution in [3.05, 3.63) is 86.3 Å². The maximum absolute atomic E-state index is 15.3. The van der Waals surface area contributed by atoms with Gasteiger partial charge in [0.2, 0.25) is 11.7 Å². The normalized spacial score (nSPS) is 17.3. The number of nitrogens with zero attached hydrogens (tertiary/aromatic N) is 1. The smallest absolute Gasteiger partial charge is 0.373 e. The summed E-state index contributed by atoms with van der Waals surface area (Å²) in [6, 6.07) is 4.78. The van der Waals surface area contributed by atoms with E-state index >= 15 is 4.39 Å². The van der Waals surface area contributed by atoms with E-state index in [1.807, 2.05) is 4.98 Å². The molecule has 3 aromatic rings. The van der Waals surface area contributed by atoms with Crippen LogP contribution in [0.4, 0.5) is 30.7 Å². The van der Waals surface area contributed by atoms with Crippen LogP contribution >= 0.6 is 0 Å². The molecule has 2 N–H and O–H groups in total. The van der Waals surface area contributed by atoms with Gasteiger partial charge in [0.15, 0.2) is 11.6 Å². The van der Waals surface area contributed by atoms with Crippen LogP contribution in [0.2, 0.25) is 0 Å². The predicted molar refractivity (Wildman–Crippen MR) is 119 cm³/mol. The number of aromatic nitrogens is 2. The lowest BCUT2D eigenvalue weighted by atomic mass is 9.81. The summed E-state index contributed by atoms with van der Waals surface area (Å²) in [5.41, 5.74) is -4.27. The van der Waals surface area contributed by atoms with Gasteiger partial charge in [-0.05, 0) is 43.5 Å². The fourth-order valence-electron chi connectivity index (χ4n) is 4.00. The van der Waals surface area contributed by atoms with Crippen molar-refractivity contribution in [3.63, 3.8) is 0 Å². The van der Waals surface area contributed by atoms with Gasteiger partial charge in [0.1, 0.15) is 11.6 Å². The highest BCUT2D eigenvalue weighted by Gasteiger charge is 2.38. The molecule has 0 spiro atoms. The van der Waals surface area contributed by atoms with Gasteiger partial charge >= 0.3 is 6.18 Å². The highest BCUT2D eigenvalue weighted by atomic mass is 19.4. The zero-order chi connectivity index (χ0) is 27.8. The Labute approximate surface area is 210 Å². The Morgan fingerprint density at radius 2 is 1.79 bits per heavy atom. The van der Waals surface area contributed by atoms with Gasteiger partial charge in [-0.25, -0.2) is 18.2 Å². The van der Waals surface area contributed by atoms with E-state index in [0.717, 1.165) is 25.1 Å². The summed E-state index contributed by atoms with van der Waals surface area (Å²) in [6.45, 7) is 0.600. The zero-order valence-electron chi connectivity index (χ0n) is 19.7. The molecule has 1 aliphatic carbocycles. The van der Waals surface area contributed by atoms with Gasteiger partial charge < -0.3 is 15.0 Å². The number of hydrogen-bond donors (Lipinski definition) is 2. The number of rotatable bonds is 7. The average Bonchev–Trinajstić information content (AvgIpc) is 2.81. The van der Waals surface area contributed by atoms with Crippen LogP contribution in [0.1, 0.15) is 35.2 Å². The molecule has 0 radical (unpaired) electrons. The summed E-state index contributed by atoms with van der Waals surface area (Å²) >= 11 is 0. The third-order valence-electron chi connectivity index (χ3n) is 6.18. The first-order chi connectivity index (χ1) is 17.8. The first-order valence-corrected chi connectivity index (χ1v) is 11.3. The first-order valence-electron chi connectivity index (χ1n) is 11.3. The van der Waals surface area contributed by atoms with Gasteiger partial charge in [-0.15, -0.1) is 0 Å². The Kier molecular flexibility index (Phi) is 7.58. The van der Waals surface area contributed by atoms with Crippen molar-refractivity contribution in [2.45, 2.75) is 45.2 Å². The lowest BCUT2D eigenvalue weighted by Crippen LogP contribution is -2.42. The Balaban J connectivity index is 1.42. The first kappa shape index (κ1) is 27.3. The van der Waals surface area contributed by atoms with Crippen LogP contribution in [0.15, 0.2) is 35.1 Å². The maximum atomic E-state index is 15.3. The molecule has 0 aliphatic heterocycles. The second kappa shape index (κ2) is 10.6. The number of ether oxygens (including phenoxy) is 1. The van der Waals surface area contributed by atoms with Crippen molar-refractivity contribution in [1.29, 1.82) is 0 Å². The van der Waals surface area contributed by atoms with E-state index in [0.29, 0.717) is 24.5 Å². The minimum Gasteiger partial charge on any atom is -0.373 e. The lowest BCUT2D eigenvalue weighted by Gasteiger charge is -2.34. The SMILES string of the molecule is Cc1nc(-c2c(C(F)(F)F)ccc(CNC(=O)C3CC(OCc4ccc(F)c(F)c4)C3)c2F)[nH]c(=O)c1F. The monoisotopic (exact) mass is 543 g/mol. The van der Waals surface area contributed by atoms with Gasteiger partial charge in [0.25, 0.3) is 5.56 Å². The summed E-state index contributed by atoms with van der Waals surface area (Å²) in [7, 11) is 0. The van der Waals surface area contributed by atoms with Crippen LogP contribution < -0.4 is 10.9 Å². The van der Waals surface area contributed by atoms with Crippen molar-refractivity contribution in [1.82, 2.24) is 15.3 Å². The number of nitrogens with one attached hydrogen (secondary N) is 2. The highest BCUT2D eigenvalue weighted by Crippen LogP contribution is 2.38. The Morgan fingerprint density at radius 3 is 2.42 bits per heavy atom. The fourth-order valence-corrected chi connectivity index (χ4v) is 4.00. The number of amides is 1. The van der Waals surface area contributed by atoms with E-state index in [-0.39, 0.29) is 18.3 Å². The molecule has 0 atom stereocenters. The number of carbonyl (C=O) groups excluding carboxylic acids is 1. The Morgan fingerprint density at radius 1 is 1.08 bits per heavy atom. The number of alkyl halides is 3. The third-order valence-corrected chi connectivity index (χ3v) is 6.18. The topological polar surface area (TPSA) is 84.1 Å². The van der Waals surface area contributed by atoms with Crippen LogP contribution in [0.3, 0.4) is 0 Å². The molecule has 1 saturated carbocycles. The van der Waals surface area contributed by atoms with E-state index in [2.05, 4.69) is 10.3 Å². The largest absolute Gasteiger partial charge is 0.417 e. The Bertz CT molecular complexity index is 1430. The number of hydrogen-bond acceptors (Lipinski definition) is 4. The molecule has 0 bridgehead atoms. The standard InChI is InChI=1S/C25H20F7N3O3/c1-11-20(28)24(37)35-22(34-11)19-16(25(30,31)32)4-3-13(21(19)29)9-33-23(36)14-7-15(8-14)38-10-12-2-5-17(26)18(27)6-12/h2-6,14-15H,7-10H2,1H3,(H,33,36)(H,34,35,37). The van der Waals surface area contributed by atoms with E-state index < -0.39 is 76.0 Å². The average molecular weight is 543 g/mol. The van der Waals surface area contributed by atoms with Gasteiger partial charge in [-0.1, -0.05) is 12.1 Å². The number of aryl methyl sites for hydroxylation is 1. The minimum atomic E-state index is -5.01. The van der Waals surface area contributed by atoms with Gasteiger partial charge in [0, 0.05) is 18.0 Å². The number of benzene rings is 2. The number of carbonyl (C=O) groups is 1. The van der Waals surface area contributed by atoms with E-state index in [1.54, 1.807) is 0 Å². The molecule has 13 heteroatoms. The molecule has 1 amide bonds. The van der Waals surface area contributed by atoms with E-state index in [4.69, 9.17) is 4.74 Å². The fraction of sp³-hybridized carbons (Fsp3) is 0.320. The van der Waals surface area contributed by atoms with Crippen LogP contribution in [-0.4, -0.2) is 22.0 Å². The van der Waals surface area contributed by atoms with Crippen molar-refractivity contribution in [2.75, 3.05) is 0 Å². The van der Waals surface area contributed by atoms with Crippen LogP contribution in [0, 0.1) is 36.1 Å². The van der Waals surface area contributed by atoms with Gasteiger partial charge in [-0.3, -0.25) is 9.59 Å². The molecular formula is C25H20F7N3O3. The molecule has 1 heterocycles. The molecule has 1 aromatic heterocycles. The van der Waals surface area contributed by atoms with Crippen molar-refractivity contribution < 1.29 is 40.3 Å². The zero-order valence-corrected chi connectivity index (χ0v) is 19.7. The molecule has 2 aromatic carbocycles.